The van der Waals surface area contributed by atoms with Gasteiger partial charge in [-0.2, -0.15) is 0 Å². The normalized spacial score (nSPS) is 9.31. The standard InChI is InChI=1S/3C3H7.C3H6.Sn.H/c4*1-3-2;;/h3*1,3H2,2H3;3H,1H2,2H3;;. The molecule has 0 aromatic heterocycles. The molecule has 0 saturated heterocycles. The van der Waals surface area contributed by atoms with E-state index in [1.165, 1.54) is 19.3 Å². The molecule has 0 aromatic carbocycles. The van der Waals surface area contributed by atoms with Gasteiger partial charge >= 0.3 is 73.1 Å². The molecule has 0 aromatic rings. The third-order valence-corrected chi connectivity index (χ3v) is 14.0. The maximum absolute atomic E-state index is 3.36. The van der Waals surface area contributed by atoms with E-state index >= 15 is 0 Å². The van der Waals surface area contributed by atoms with E-state index < -0.39 is 19.8 Å². The minimum absolute atomic E-state index is 0.880. The van der Waals surface area contributed by atoms with E-state index in [-0.39, 0.29) is 0 Å². The van der Waals surface area contributed by atoms with Gasteiger partial charge in [0.1, 0.15) is 0 Å². The van der Waals surface area contributed by atoms with E-state index in [9.17, 15) is 0 Å². The maximum atomic E-state index is 3.36. The molecule has 0 rings (SSSR count). The van der Waals surface area contributed by atoms with Crippen LogP contribution in [0, 0.1) is 0 Å². The summed E-state index contributed by atoms with van der Waals surface area (Å²) in [4.78, 5) is 0. The summed E-state index contributed by atoms with van der Waals surface area (Å²) < 4.78 is 4.97. The quantitative estimate of drug-likeness (QED) is 0.494. The SMILES string of the molecule is C=CC.CC[CH2][SnH]([CH2]CC)[CH2]CC. The molecule has 0 spiro atoms. The third-order valence-electron chi connectivity index (χ3n) is 2.09. The molecule has 0 aliphatic carbocycles. The van der Waals surface area contributed by atoms with Crippen LogP contribution in [-0.2, 0) is 0 Å². The van der Waals surface area contributed by atoms with E-state index in [1.54, 1.807) is 19.4 Å². The Morgan fingerprint density at radius 1 is 0.923 bits per heavy atom. The molecule has 0 saturated carbocycles. The second-order valence-electron chi connectivity index (χ2n) is 3.64. The molecular weight excluding hydrogens is 263 g/mol. The van der Waals surface area contributed by atoms with Crippen LogP contribution < -0.4 is 0 Å². The van der Waals surface area contributed by atoms with Crippen LogP contribution in [-0.4, -0.2) is 19.8 Å². The van der Waals surface area contributed by atoms with Gasteiger partial charge in [0.25, 0.3) is 0 Å². The Labute approximate surface area is 92.6 Å². The van der Waals surface area contributed by atoms with Crippen molar-refractivity contribution in [2.24, 2.45) is 0 Å². The molecular formula is C12H28Sn. The topological polar surface area (TPSA) is 0 Å². The van der Waals surface area contributed by atoms with Gasteiger partial charge in [0.15, 0.2) is 0 Å². The van der Waals surface area contributed by atoms with Crippen molar-refractivity contribution in [3.05, 3.63) is 12.7 Å². The minimum atomic E-state index is -0.880. The number of hydrogen-bond donors (Lipinski definition) is 0. The second-order valence-corrected chi connectivity index (χ2v) is 13.5. The van der Waals surface area contributed by atoms with Crippen molar-refractivity contribution in [1.29, 1.82) is 0 Å². The summed E-state index contributed by atoms with van der Waals surface area (Å²) in [7, 11) is 0. The predicted molar refractivity (Wildman–Crippen MR) is 68.3 cm³/mol. The van der Waals surface area contributed by atoms with Gasteiger partial charge in [0, 0.05) is 0 Å². The summed E-state index contributed by atoms with van der Waals surface area (Å²) in [6.45, 7) is 12.3. The van der Waals surface area contributed by atoms with E-state index in [0.29, 0.717) is 0 Å². The molecule has 0 heterocycles. The molecule has 0 aliphatic rings. The van der Waals surface area contributed by atoms with Crippen LogP contribution in [0.5, 0.6) is 0 Å². The Bertz CT molecular complexity index is 74.9. The molecule has 0 radical (unpaired) electrons. The van der Waals surface area contributed by atoms with Gasteiger partial charge in [-0.05, 0) is 6.92 Å². The fourth-order valence-electron chi connectivity index (χ4n) is 1.66. The van der Waals surface area contributed by atoms with E-state index in [1.807, 2.05) is 6.92 Å². The van der Waals surface area contributed by atoms with Crippen molar-refractivity contribution in [2.45, 2.75) is 60.3 Å². The number of rotatable bonds is 6. The van der Waals surface area contributed by atoms with Crippen LogP contribution in [0.4, 0.5) is 0 Å². The van der Waals surface area contributed by atoms with Gasteiger partial charge in [0.05, 0.1) is 0 Å². The van der Waals surface area contributed by atoms with Crippen molar-refractivity contribution in [3.63, 3.8) is 0 Å². The van der Waals surface area contributed by atoms with Crippen molar-refractivity contribution in [3.8, 4) is 0 Å². The molecule has 0 fully saturated rings. The first-order valence-corrected chi connectivity index (χ1v) is 12.8. The summed E-state index contributed by atoms with van der Waals surface area (Å²) in [5.74, 6) is 0. The zero-order valence-corrected chi connectivity index (χ0v) is 13.4. The Balaban J connectivity index is 0. The van der Waals surface area contributed by atoms with Gasteiger partial charge < -0.3 is 0 Å². The average Bonchev–Trinajstić information content (AvgIpc) is 2.07. The molecule has 13 heavy (non-hydrogen) atoms. The van der Waals surface area contributed by atoms with Crippen molar-refractivity contribution in [1.82, 2.24) is 0 Å². The summed E-state index contributed by atoms with van der Waals surface area (Å²) >= 11 is -0.880. The molecule has 0 amide bonds. The Hall–Kier alpha value is 0.539. The zero-order valence-electron chi connectivity index (χ0n) is 10.1. The van der Waals surface area contributed by atoms with Gasteiger partial charge in [-0.1, -0.05) is 6.08 Å². The van der Waals surface area contributed by atoms with Crippen LogP contribution >= 0.6 is 0 Å². The summed E-state index contributed by atoms with van der Waals surface area (Å²) in [5.41, 5.74) is 0. The van der Waals surface area contributed by atoms with Crippen LogP contribution in [0.2, 0.25) is 13.3 Å². The second kappa shape index (κ2) is 15.0. The van der Waals surface area contributed by atoms with E-state index in [2.05, 4.69) is 27.4 Å². The predicted octanol–water partition coefficient (Wildman–Crippen LogP) is 4.64. The fourth-order valence-corrected chi connectivity index (χ4v) is 11.1. The van der Waals surface area contributed by atoms with E-state index in [4.69, 9.17) is 0 Å². The van der Waals surface area contributed by atoms with Gasteiger partial charge in [0.2, 0.25) is 0 Å². The first-order chi connectivity index (χ1) is 6.26. The van der Waals surface area contributed by atoms with Gasteiger partial charge in [-0.15, -0.1) is 6.58 Å². The Morgan fingerprint density at radius 2 is 1.15 bits per heavy atom. The molecule has 1 heteroatoms. The summed E-state index contributed by atoms with van der Waals surface area (Å²) in [5, 5.41) is 0. The van der Waals surface area contributed by atoms with Gasteiger partial charge in [-0.3, -0.25) is 0 Å². The van der Waals surface area contributed by atoms with Crippen molar-refractivity contribution in [2.75, 3.05) is 0 Å². The van der Waals surface area contributed by atoms with Gasteiger partial charge in [-0.25, -0.2) is 0 Å². The Morgan fingerprint density at radius 3 is 1.31 bits per heavy atom. The van der Waals surface area contributed by atoms with Crippen molar-refractivity contribution < 1.29 is 0 Å². The van der Waals surface area contributed by atoms with Crippen molar-refractivity contribution >= 4 is 19.8 Å². The average molecular weight is 291 g/mol. The summed E-state index contributed by atoms with van der Waals surface area (Å²) in [6.07, 6.45) is 6.13. The number of allylic oxidation sites excluding steroid dienone is 1. The zero-order chi connectivity index (χ0) is 10.5. The fraction of sp³-hybridized carbons (Fsp3) is 0.833. The molecule has 80 valence electrons. The third kappa shape index (κ3) is 15.3. The molecule has 0 aliphatic heterocycles. The van der Waals surface area contributed by atoms with E-state index in [0.717, 1.165) is 0 Å². The molecule has 0 N–H and O–H groups in total. The molecule has 0 bridgehead atoms. The van der Waals surface area contributed by atoms with Crippen LogP contribution in [0.1, 0.15) is 47.0 Å². The monoisotopic (exact) mass is 292 g/mol. The van der Waals surface area contributed by atoms with Crippen LogP contribution in [0.3, 0.4) is 0 Å². The molecule has 0 unspecified atom stereocenters. The first kappa shape index (κ1) is 16.0. The molecule has 0 nitrogen and oxygen atoms in total. The van der Waals surface area contributed by atoms with Crippen LogP contribution in [0.25, 0.3) is 0 Å². The summed E-state index contributed by atoms with van der Waals surface area (Å²) in [6, 6.07) is 0. The Kier molecular flexibility index (Phi) is 18.5. The number of hydrogen-bond acceptors (Lipinski definition) is 0. The van der Waals surface area contributed by atoms with Crippen LogP contribution in [0.15, 0.2) is 12.7 Å². The molecule has 0 atom stereocenters. The first-order valence-electron chi connectivity index (χ1n) is 5.83.